The van der Waals surface area contributed by atoms with Crippen LogP contribution < -0.4 is 4.90 Å². The van der Waals surface area contributed by atoms with Crippen molar-refractivity contribution < 1.29 is 0 Å². The lowest BCUT2D eigenvalue weighted by atomic mass is 10.2. The summed E-state index contributed by atoms with van der Waals surface area (Å²) < 4.78 is 0. The predicted octanol–water partition coefficient (Wildman–Crippen LogP) is 3.00. The largest absolute Gasteiger partial charge is 0.352 e. The van der Waals surface area contributed by atoms with Crippen molar-refractivity contribution in [2.45, 2.75) is 33.7 Å². The Morgan fingerprint density at radius 2 is 1.87 bits per heavy atom. The fourth-order valence-corrected chi connectivity index (χ4v) is 1.53. The van der Waals surface area contributed by atoms with Crippen LogP contribution >= 0.6 is 11.6 Å². The van der Waals surface area contributed by atoms with Gasteiger partial charge in [0.25, 0.3) is 0 Å². The molecule has 1 rings (SSSR count). The molecule has 0 amide bonds. The van der Waals surface area contributed by atoms with E-state index < -0.39 is 0 Å². The van der Waals surface area contributed by atoms with Crippen molar-refractivity contribution in [2.75, 3.05) is 11.4 Å². The smallest absolute Gasteiger partial charge is 0.151 e. The molecule has 0 aromatic carbocycles. The molecule has 0 aliphatic carbocycles. The van der Waals surface area contributed by atoms with Gasteiger partial charge in [-0.1, -0.05) is 25.4 Å². The Morgan fingerprint density at radius 1 is 1.20 bits per heavy atom. The van der Waals surface area contributed by atoms with Gasteiger partial charge in [-0.3, -0.25) is 0 Å². The van der Waals surface area contributed by atoms with Crippen LogP contribution in [-0.4, -0.2) is 22.8 Å². The van der Waals surface area contributed by atoms with Crippen LogP contribution in [0.1, 0.15) is 27.7 Å². The summed E-state index contributed by atoms with van der Waals surface area (Å²) in [5.41, 5.74) is 0. The van der Waals surface area contributed by atoms with Crippen LogP contribution in [0, 0.1) is 5.92 Å². The average Bonchev–Trinajstić information content (AvgIpc) is 2.15. The van der Waals surface area contributed by atoms with E-state index in [0.29, 0.717) is 17.1 Å². The van der Waals surface area contributed by atoms with E-state index in [2.05, 4.69) is 42.8 Å². The first kappa shape index (κ1) is 12.2. The second-order valence-corrected chi connectivity index (χ2v) is 4.74. The minimum Gasteiger partial charge on any atom is -0.352 e. The molecular formula is C11H18ClN3. The highest BCUT2D eigenvalue weighted by Crippen LogP contribution is 2.16. The standard InChI is InChI=1S/C11H18ClN3/c1-8(2)7-15(9(3)4)11-6-5-10(12)13-14-11/h5-6,8-9H,7H2,1-4H3. The Morgan fingerprint density at radius 3 is 2.27 bits per heavy atom. The SMILES string of the molecule is CC(C)CN(c1ccc(Cl)nn1)C(C)C. The third-order valence-corrected chi connectivity index (χ3v) is 2.30. The molecule has 0 N–H and O–H groups in total. The first-order valence-electron chi connectivity index (χ1n) is 5.26. The van der Waals surface area contributed by atoms with Gasteiger partial charge in [0.2, 0.25) is 0 Å². The van der Waals surface area contributed by atoms with Gasteiger partial charge in [-0.25, -0.2) is 0 Å². The second-order valence-electron chi connectivity index (χ2n) is 4.35. The lowest BCUT2D eigenvalue weighted by Gasteiger charge is -2.29. The molecule has 0 saturated heterocycles. The van der Waals surface area contributed by atoms with Gasteiger partial charge in [0.1, 0.15) is 0 Å². The monoisotopic (exact) mass is 227 g/mol. The van der Waals surface area contributed by atoms with E-state index in [1.165, 1.54) is 0 Å². The van der Waals surface area contributed by atoms with Gasteiger partial charge in [-0.2, -0.15) is 0 Å². The van der Waals surface area contributed by atoms with Gasteiger partial charge in [-0.15, -0.1) is 10.2 Å². The number of nitrogens with zero attached hydrogens (tertiary/aromatic N) is 3. The van der Waals surface area contributed by atoms with Gasteiger partial charge >= 0.3 is 0 Å². The van der Waals surface area contributed by atoms with E-state index in [0.717, 1.165) is 12.4 Å². The fourth-order valence-electron chi connectivity index (χ4n) is 1.42. The first-order chi connectivity index (χ1) is 7.00. The summed E-state index contributed by atoms with van der Waals surface area (Å²) in [5, 5.41) is 8.40. The molecule has 0 radical (unpaired) electrons. The van der Waals surface area contributed by atoms with E-state index in [1.54, 1.807) is 6.07 Å². The van der Waals surface area contributed by atoms with Crippen molar-refractivity contribution in [1.29, 1.82) is 0 Å². The molecule has 1 heterocycles. The van der Waals surface area contributed by atoms with Gasteiger partial charge in [0.15, 0.2) is 11.0 Å². The maximum absolute atomic E-state index is 5.71. The molecule has 1 aromatic heterocycles. The highest BCUT2D eigenvalue weighted by atomic mass is 35.5. The fraction of sp³-hybridized carbons (Fsp3) is 0.636. The Kier molecular flexibility index (Phi) is 4.33. The van der Waals surface area contributed by atoms with E-state index >= 15 is 0 Å². The highest BCUT2D eigenvalue weighted by molar-refractivity contribution is 6.29. The van der Waals surface area contributed by atoms with E-state index in [9.17, 15) is 0 Å². The van der Waals surface area contributed by atoms with Gasteiger partial charge < -0.3 is 4.90 Å². The quantitative estimate of drug-likeness (QED) is 0.792. The molecule has 3 nitrogen and oxygen atoms in total. The average molecular weight is 228 g/mol. The van der Waals surface area contributed by atoms with E-state index in [-0.39, 0.29) is 0 Å². The van der Waals surface area contributed by atoms with Crippen LogP contribution in [0.4, 0.5) is 5.82 Å². The number of anilines is 1. The lowest BCUT2D eigenvalue weighted by molar-refractivity contribution is 0.563. The summed E-state index contributed by atoms with van der Waals surface area (Å²) in [4.78, 5) is 2.23. The van der Waals surface area contributed by atoms with Crippen LogP contribution in [0.5, 0.6) is 0 Å². The number of rotatable bonds is 4. The van der Waals surface area contributed by atoms with Crippen LogP contribution in [0.3, 0.4) is 0 Å². The molecule has 0 saturated carbocycles. The van der Waals surface area contributed by atoms with Crippen molar-refractivity contribution in [3.8, 4) is 0 Å². The molecule has 0 bridgehead atoms. The maximum Gasteiger partial charge on any atom is 0.151 e. The molecule has 0 atom stereocenters. The summed E-state index contributed by atoms with van der Waals surface area (Å²) in [6.07, 6.45) is 0. The first-order valence-corrected chi connectivity index (χ1v) is 5.64. The molecule has 1 aromatic rings. The number of halogens is 1. The normalized spacial score (nSPS) is 11.1. The Balaban J connectivity index is 2.84. The second kappa shape index (κ2) is 5.31. The third-order valence-electron chi connectivity index (χ3n) is 2.10. The Bertz CT molecular complexity index is 295. The van der Waals surface area contributed by atoms with Crippen LogP contribution in [0.15, 0.2) is 12.1 Å². The van der Waals surface area contributed by atoms with Crippen LogP contribution in [0.2, 0.25) is 5.15 Å². The summed E-state index contributed by atoms with van der Waals surface area (Å²) in [5.74, 6) is 1.49. The van der Waals surface area contributed by atoms with Crippen molar-refractivity contribution >= 4 is 17.4 Å². The zero-order valence-corrected chi connectivity index (χ0v) is 10.5. The van der Waals surface area contributed by atoms with Crippen molar-refractivity contribution in [1.82, 2.24) is 10.2 Å². The topological polar surface area (TPSA) is 29.0 Å². The van der Waals surface area contributed by atoms with E-state index in [1.807, 2.05) is 6.07 Å². The zero-order chi connectivity index (χ0) is 11.4. The number of aromatic nitrogens is 2. The molecular weight excluding hydrogens is 210 g/mol. The summed E-state index contributed by atoms with van der Waals surface area (Å²) in [7, 11) is 0. The van der Waals surface area contributed by atoms with Crippen LogP contribution in [0.25, 0.3) is 0 Å². The number of hydrogen-bond donors (Lipinski definition) is 0. The molecule has 0 spiro atoms. The zero-order valence-electron chi connectivity index (χ0n) is 9.74. The van der Waals surface area contributed by atoms with Gasteiger partial charge in [-0.05, 0) is 31.9 Å². The lowest BCUT2D eigenvalue weighted by Crippen LogP contribution is -2.34. The molecule has 0 aliphatic rings. The van der Waals surface area contributed by atoms with Crippen molar-refractivity contribution in [3.05, 3.63) is 17.3 Å². The Labute approximate surface area is 96.5 Å². The molecule has 0 aliphatic heterocycles. The molecule has 15 heavy (non-hydrogen) atoms. The van der Waals surface area contributed by atoms with Gasteiger partial charge in [0, 0.05) is 12.6 Å². The summed E-state index contributed by atoms with van der Waals surface area (Å²) in [6, 6.07) is 4.11. The van der Waals surface area contributed by atoms with Crippen molar-refractivity contribution in [3.63, 3.8) is 0 Å². The van der Waals surface area contributed by atoms with Crippen molar-refractivity contribution in [2.24, 2.45) is 5.92 Å². The highest BCUT2D eigenvalue weighted by Gasteiger charge is 2.13. The summed E-state index contributed by atoms with van der Waals surface area (Å²) in [6.45, 7) is 9.67. The van der Waals surface area contributed by atoms with E-state index in [4.69, 9.17) is 11.6 Å². The molecule has 0 unspecified atom stereocenters. The third kappa shape index (κ3) is 3.67. The minimum absolute atomic E-state index is 0.419. The molecule has 84 valence electrons. The Hall–Kier alpha value is -0.830. The maximum atomic E-state index is 5.71. The van der Waals surface area contributed by atoms with Crippen LogP contribution in [-0.2, 0) is 0 Å². The summed E-state index contributed by atoms with van der Waals surface area (Å²) >= 11 is 5.71. The minimum atomic E-state index is 0.419. The van der Waals surface area contributed by atoms with Gasteiger partial charge in [0.05, 0.1) is 0 Å². The molecule has 4 heteroatoms. The molecule has 0 fully saturated rings. The number of hydrogen-bond acceptors (Lipinski definition) is 3. The predicted molar refractivity (Wildman–Crippen MR) is 64.4 cm³/mol.